The van der Waals surface area contributed by atoms with Crippen molar-refractivity contribution in [2.45, 2.75) is 45.2 Å². The van der Waals surface area contributed by atoms with Crippen molar-refractivity contribution in [2.24, 2.45) is 0 Å². The van der Waals surface area contributed by atoms with E-state index in [2.05, 4.69) is 4.98 Å². The normalized spacial score (nSPS) is 16.4. The molecule has 0 aliphatic carbocycles. The summed E-state index contributed by atoms with van der Waals surface area (Å²) in [5, 5.41) is 0.422. The van der Waals surface area contributed by atoms with E-state index >= 15 is 0 Å². The molecule has 0 radical (unpaired) electrons. The van der Waals surface area contributed by atoms with Gasteiger partial charge in [-0.1, -0.05) is 6.07 Å². The molecule has 6 rings (SSSR count). The number of aromatic nitrogens is 3. The molecule has 3 aromatic heterocycles. The quantitative estimate of drug-likeness (QED) is 0.217. The van der Waals surface area contributed by atoms with Crippen LogP contribution in [0.3, 0.4) is 0 Å². The maximum atomic E-state index is 15.0. The van der Waals surface area contributed by atoms with Crippen LogP contribution < -0.4 is 0 Å². The molecule has 2 aliphatic heterocycles. The van der Waals surface area contributed by atoms with E-state index in [1.807, 2.05) is 15.5 Å². The number of carbonyl (C=O) groups is 3. The van der Waals surface area contributed by atoms with Gasteiger partial charge in [0.05, 0.1) is 24.0 Å². The van der Waals surface area contributed by atoms with Gasteiger partial charge in [0.1, 0.15) is 11.5 Å². The van der Waals surface area contributed by atoms with Gasteiger partial charge in [0, 0.05) is 56.1 Å². The summed E-state index contributed by atoms with van der Waals surface area (Å²) in [6, 6.07) is 8.13. The lowest BCUT2D eigenvalue weighted by Gasteiger charge is -2.32. The molecular weight excluding hydrogens is 501 g/mol. The van der Waals surface area contributed by atoms with Crippen LogP contribution in [0.25, 0.3) is 16.6 Å². The number of carbonyl (C=O) groups excluding carboxylic acids is 3. The van der Waals surface area contributed by atoms with Gasteiger partial charge < -0.3 is 23.5 Å². The number of imidazole rings is 1. The third-order valence-corrected chi connectivity index (χ3v) is 7.68. The van der Waals surface area contributed by atoms with Crippen LogP contribution in [-0.4, -0.2) is 67.8 Å². The highest BCUT2D eigenvalue weighted by atomic mass is 19.1. The minimum Gasteiger partial charge on any atom is -0.465 e. The molecule has 9 nitrogen and oxygen atoms in total. The molecule has 10 heteroatoms. The van der Waals surface area contributed by atoms with Crippen molar-refractivity contribution in [3.05, 3.63) is 71.6 Å². The molecule has 2 amide bonds. The Morgan fingerprint density at radius 3 is 2.67 bits per heavy atom. The lowest BCUT2D eigenvalue weighted by Crippen LogP contribution is -2.45. The summed E-state index contributed by atoms with van der Waals surface area (Å²) in [4.78, 5) is 48.5. The lowest BCUT2D eigenvalue weighted by molar-refractivity contribution is -0.143. The van der Waals surface area contributed by atoms with Gasteiger partial charge in [-0.05, 0) is 56.0 Å². The Bertz CT molecular complexity index is 1590. The molecule has 1 fully saturated rings. The van der Waals surface area contributed by atoms with Gasteiger partial charge in [0.2, 0.25) is 0 Å². The first-order valence-electron chi connectivity index (χ1n) is 13.4. The van der Waals surface area contributed by atoms with Crippen LogP contribution >= 0.6 is 0 Å². The molecule has 0 bridgehead atoms. The van der Waals surface area contributed by atoms with Crippen molar-refractivity contribution in [3.63, 3.8) is 0 Å². The minimum atomic E-state index is -1.27. The predicted octanol–water partition coefficient (Wildman–Crippen LogP) is 4.38. The van der Waals surface area contributed by atoms with Gasteiger partial charge in [-0.15, -0.1) is 0 Å². The number of piperidine rings is 1. The first-order chi connectivity index (χ1) is 19.0. The highest BCUT2D eigenvalue weighted by Gasteiger charge is 2.36. The monoisotopic (exact) mass is 531 g/mol. The fraction of sp³-hybridized carbons (Fsp3) is 0.379. The molecule has 1 atom stereocenters. The van der Waals surface area contributed by atoms with Gasteiger partial charge in [-0.3, -0.25) is 9.59 Å². The average Bonchev–Trinajstić information content (AvgIpc) is 3.47. The van der Waals surface area contributed by atoms with E-state index in [4.69, 9.17) is 4.74 Å². The van der Waals surface area contributed by atoms with E-state index in [1.165, 1.54) is 18.3 Å². The number of nitrogens with zero attached hydrogens (tertiary/aromatic N) is 5. The van der Waals surface area contributed by atoms with E-state index in [0.29, 0.717) is 40.9 Å². The van der Waals surface area contributed by atoms with Crippen molar-refractivity contribution >= 4 is 34.3 Å². The highest BCUT2D eigenvalue weighted by molar-refractivity contribution is 6.18. The first kappa shape index (κ1) is 25.1. The van der Waals surface area contributed by atoms with Gasteiger partial charge in [-0.25, -0.2) is 14.2 Å². The molecule has 1 saturated heterocycles. The Hall–Kier alpha value is -4.21. The highest BCUT2D eigenvalue weighted by Crippen LogP contribution is 2.33. The summed E-state index contributed by atoms with van der Waals surface area (Å²) in [6.45, 7) is 4.38. The molecule has 1 unspecified atom stereocenters. The Morgan fingerprint density at radius 1 is 1.05 bits per heavy atom. The molecule has 0 N–H and O–H groups in total. The van der Waals surface area contributed by atoms with Gasteiger partial charge in [0.25, 0.3) is 0 Å². The molecule has 39 heavy (non-hydrogen) atoms. The Morgan fingerprint density at radius 2 is 1.87 bits per heavy atom. The molecule has 4 aromatic rings. The smallest absolute Gasteiger partial charge is 0.323 e. The fourth-order valence-corrected chi connectivity index (χ4v) is 5.85. The van der Waals surface area contributed by atoms with Crippen LogP contribution in [0, 0.1) is 5.82 Å². The van der Waals surface area contributed by atoms with Gasteiger partial charge in [0.15, 0.2) is 11.7 Å². The number of pyridine rings is 1. The first-order valence-corrected chi connectivity index (χ1v) is 13.4. The number of Topliss-reactive ketones (excluding diaryl/α,β-unsaturated/α-hetero) is 1. The summed E-state index contributed by atoms with van der Waals surface area (Å²) in [5.41, 5.74) is 2.56. The standard InChI is InChI=1S/C29H30FN5O4/c1-2-39-28(37)25(23-16-31-24-8-4-7-11-35(23)24)27(36)22-18-33-12-13-34(29(38)32-9-5-3-6-10-32)17-19-14-20(30)15-21(22)26(19)33/h4,7-8,11,14-16,18,25H,2-3,5-6,9-10,12-13,17H2,1H3. The molecule has 1 aromatic carbocycles. The van der Waals surface area contributed by atoms with Crippen molar-refractivity contribution in [1.82, 2.24) is 23.8 Å². The van der Waals surface area contributed by atoms with Crippen LogP contribution in [-0.2, 0) is 22.6 Å². The maximum Gasteiger partial charge on any atom is 0.323 e. The number of halogens is 1. The number of hydrogen-bond acceptors (Lipinski definition) is 5. The third kappa shape index (κ3) is 4.43. The van der Waals surface area contributed by atoms with E-state index in [1.54, 1.807) is 40.8 Å². The summed E-state index contributed by atoms with van der Waals surface area (Å²) in [7, 11) is 0. The molecule has 0 saturated carbocycles. The summed E-state index contributed by atoms with van der Waals surface area (Å²) in [5.74, 6) is -2.94. The second kappa shape index (κ2) is 10.2. The van der Waals surface area contributed by atoms with E-state index in [0.717, 1.165) is 32.4 Å². The van der Waals surface area contributed by atoms with E-state index in [9.17, 15) is 18.8 Å². The number of amides is 2. The van der Waals surface area contributed by atoms with Crippen molar-refractivity contribution in [1.29, 1.82) is 0 Å². The molecule has 202 valence electrons. The largest absolute Gasteiger partial charge is 0.465 e. The van der Waals surface area contributed by atoms with Crippen molar-refractivity contribution in [2.75, 3.05) is 26.2 Å². The topological polar surface area (TPSA) is 89.2 Å². The van der Waals surface area contributed by atoms with E-state index < -0.39 is 23.5 Å². The van der Waals surface area contributed by atoms with Gasteiger partial charge >= 0.3 is 12.0 Å². The summed E-state index contributed by atoms with van der Waals surface area (Å²) >= 11 is 0. The van der Waals surface area contributed by atoms with E-state index in [-0.39, 0.29) is 24.7 Å². The van der Waals surface area contributed by atoms with Crippen LogP contribution in [0.2, 0.25) is 0 Å². The van der Waals surface area contributed by atoms with Crippen molar-refractivity contribution in [3.8, 4) is 0 Å². The predicted molar refractivity (Wildman–Crippen MR) is 142 cm³/mol. The molecule has 5 heterocycles. The van der Waals surface area contributed by atoms with Crippen LogP contribution in [0.5, 0.6) is 0 Å². The third-order valence-electron chi connectivity index (χ3n) is 7.68. The minimum absolute atomic E-state index is 0.0378. The Labute approximate surface area is 224 Å². The second-order valence-electron chi connectivity index (χ2n) is 10.1. The van der Waals surface area contributed by atoms with Crippen LogP contribution in [0.15, 0.2) is 48.9 Å². The number of ether oxygens (including phenoxy) is 1. The SMILES string of the molecule is CCOC(=O)C(C(=O)c1cn2c3c(cc(F)cc13)CN(C(=O)N1CCCCC1)CC2)c1cnc2ccccn12. The number of benzene rings is 1. The summed E-state index contributed by atoms with van der Waals surface area (Å²) < 4.78 is 23.9. The number of likely N-dealkylation sites (tertiary alicyclic amines) is 1. The number of esters is 1. The zero-order valence-corrected chi connectivity index (χ0v) is 21.8. The number of rotatable bonds is 5. The lowest BCUT2D eigenvalue weighted by atomic mass is 9.94. The second-order valence-corrected chi connectivity index (χ2v) is 10.1. The maximum absolute atomic E-state index is 15.0. The summed E-state index contributed by atoms with van der Waals surface area (Å²) in [6.07, 6.45) is 8.03. The molecular formula is C29H30FN5O4. The Kier molecular flexibility index (Phi) is 6.54. The van der Waals surface area contributed by atoms with Crippen LogP contribution in [0.4, 0.5) is 9.18 Å². The zero-order chi connectivity index (χ0) is 27.1. The van der Waals surface area contributed by atoms with Crippen LogP contribution in [0.1, 0.15) is 53.7 Å². The molecule has 2 aliphatic rings. The number of fused-ring (bicyclic) bond motifs is 1. The Balaban J connectivity index is 1.41. The fourth-order valence-electron chi connectivity index (χ4n) is 5.85. The molecule has 0 spiro atoms. The number of ketones is 1. The zero-order valence-electron chi connectivity index (χ0n) is 21.8. The number of urea groups is 1. The number of hydrogen-bond donors (Lipinski definition) is 0. The van der Waals surface area contributed by atoms with Gasteiger partial charge in [-0.2, -0.15) is 0 Å². The van der Waals surface area contributed by atoms with Crippen molar-refractivity contribution < 1.29 is 23.5 Å². The average molecular weight is 532 g/mol.